The second kappa shape index (κ2) is 7.32. The fraction of sp³-hybridized carbons (Fsp3) is 0.348. The average molecular weight is 382 g/mol. The molecule has 2 aromatic carbocycles. The molecular weight excluding hydrogens is 356 g/mol. The van der Waals surface area contributed by atoms with Gasteiger partial charge in [0.25, 0.3) is 0 Å². The van der Waals surface area contributed by atoms with Crippen LogP contribution in [0.25, 0.3) is 0 Å². The smallest absolute Gasteiger partial charge is 0.200 e. The maximum Gasteiger partial charge on any atom is 0.200 e. The van der Waals surface area contributed by atoms with E-state index in [2.05, 4.69) is 0 Å². The number of aliphatic hydroxyl groups is 1. The lowest BCUT2D eigenvalue weighted by Crippen LogP contribution is -2.39. The van der Waals surface area contributed by atoms with Crippen LogP contribution < -0.4 is 4.74 Å². The van der Waals surface area contributed by atoms with E-state index in [9.17, 15) is 20.1 Å². The molecule has 148 valence electrons. The first-order chi connectivity index (χ1) is 13.1. The molecule has 0 saturated heterocycles. The molecule has 1 atom stereocenters. The molecule has 3 rings (SSSR count). The second-order valence-electron chi connectivity index (χ2n) is 8.00. The van der Waals surface area contributed by atoms with E-state index in [1.165, 1.54) is 0 Å². The molecule has 0 bridgehead atoms. The monoisotopic (exact) mass is 382 g/mol. The van der Waals surface area contributed by atoms with Crippen LogP contribution in [-0.2, 0) is 12.8 Å². The molecule has 0 radical (unpaired) electrons. The Bertz CT molecular complexity index is 932. The van der Waals surface area contributed by atoms with Gasteiger partial charge in [0.1, 0.15) is 28.9 Å². The van der Waals surface area contributed by atoms with Crippen molar-refractivity contribution in [3.05, 3.63) is 64.2 Å². The Hall–Kier alpha value is -2.79. The normalized spacial score (nSPS) is 15.7. The maximum atomic E-state index is 13.2. The van der Waals surface area contributed by atoms with Gasteiger partial charge in [0.15, 0.2) is 0 Å². The summed E-state index contributed by atoms with van der Waals surface area (Å²) in [6.07, 6.45) is 1.78. The molecule has 1 aliphatic heterocycles. The zero-order valence-electron chi connectivity index (χ0n) is 16.6. The summed E-state index contributed by atoms with van der Waals surface area (Å²) in [7, 11) is 0. The quantitative estimate of drug-likeness (QED) is 0.539. The maximum absolute atomic E-state index is 13.2. The van der Waals surface area contributed by atoms with Crippen LogP contribution in [0.3, 0.4) is 0 Å². The van der Waals surface area contributed by atoms with Gasteiger partial charge in [-0.1, -0.05) is 42.0 Å². The van der Waals surface area contributed by atoms with E-state index in [1.54, 1.807) is 44.2 Å². The number of aromatic hydroxyl groups is 2. The summed E-state index contributed by atoms with van der Waals surface area (Å²) >= 11 is 0. The van der Waals surface area contributed by atoms with Gasteiger partial charge in [-0.05, 0) is 34.1 Å². The minimum Gasteiger partial charge on any atom is -0.507 e. The zero-order valence-corrected chi connectivity index (χ0v) is 16.6. The molecule has 5 nitrogen and oxygen atoms in total. The van der Waals surface area contributed by atoms with Crippen molar-refractivity contribution in [1.29, 1.82) is 0 Å². The molecule has 2 aromatic rings. The van der Waals surface area contributed by atoms with E-state index in [0.29, 0.717) is 16.7 Å². The standard InChI is InChI=1S/C23H26O5/c1-13(2)10-11-15-20(25)16-12-17(23(3,4)27)28-22(16)18(21(15)26)19(24)14-8-6-5-7-9-14/h5-10,17,25-27H,11-12H2,1-4H3. The first kappa shape index (κ1) is 20.0. The molecule has 28 heavy (non-hydrogen) atoms. The summed E-state index contributed by atoms with van der Waals surface area (Å²) in [6.45, 7) is 7.07. The van der Waals surface area contributed by atoms with Gasteiger partial charge in [0.2, 0.25) is 5.78 Å². The summed E-state index contributed by atoms with van der Waals surface area (Å²) in [6, 6.07) is 8.63. The number of allylic oxidation sites excluding steroid dienone is 2. The minimum atomic E-state index is -1.17. The van der Waals surface area contributed by atoms with Gasteiger partial charge in [0.05, 0.1) is 5.60 Å². The Balaban J connectivity index is 2.21. The van der Waals surface area contributed by atoms with E-state index in [0.717, 1.165) is 5.57 Å². The first-order valence-corrected chi connectivity index (χ1v) is 9.33. The van der Waals surface area contributed by atoms with Crippen molar-refractivity contribution >= 4 is 5.78 Å². The van der Waals surface area contributed by atoms with Gasteiger partial charge in [-0.3, -0.25) is 4.79 Å². The Morgan fingerprint density at radius 3 is 2.39 bits per heavy atom. The van der Waals surface area contributed by atoms with Gasteiger partial charge in [0, 0.05) is 23.1 Å². The van der Waals surface area contributed by atoms with Crippen molar-refractivity contribution in [3.8, 4) is 17.2 Å². The number of rotatable bonds is 5. The summed E-state index contributed by atoms with van der Waals surface area (Å²) in [4.78, 5) is 13.2. The Kier molecular flexibility index (Phi) is 5.22. The fourth-order valence-electron chi connectivity index (χ4n) is 3.34. The third-order valence-corrected chi connectivity index (χ3v) is 5.01. The predicted octanol–water partition coefficient (Wildman–Crippen LogP) is 3.91. The lowest BCUT2D eigenvalue weighted by atomic mass is 9.91. The first-order valence-electron chi connectivity index (χ1n) is 9.33. The van der Waals surface area contributed by atoms with Gasteiger partial charge in [-0.2, -0.15) is 0 Å². The van der Waals surface area contributed by atoms with E-state index in [1.807, 2.05) is 19.9 Å². The Morgan fingerprint density at radius 1 is 1.18 bits per heavy atom. The highest BCUT2D eigenvalue weighted by Crippen LogP contribution is 2.49. The number of hydrogen-bond acceptors (Lipinski definition) is 5. The molecule has 5 heteroatoms. The van der Waals surface area contributed by atoms with Crippen molar-refractivity contribution in [2.75, 3.05) is 0 Å². The molecule has 0 amide bonds. The lowest BCUT2D eigenvalue weighted by Gasteiger charge is -2.24. The summed E-state index contributed by atoms with van der Waals surface area (Å²) in [5, 5.41) is 32.1. The van der Waals surface area contributed by atoms with Crippen LogP contribution in [0.2, 0.25) is 0 Å². The third kappa shape index (κ3) is 3.62. The molecule has 0 aliphatic carbocycles. The minimum absolute atomic E-state index is 0.0305. The van der Waals surface area contributed by atoms with Crippen LogP contribution >= 0.6 is 0 Å². The number of benzene rings is 2. The van der Waals surface area contributed by atoms with Crippen LogP contribution in [0.4, 0.5) is 0 Å². The molecule has 0 fully saturated rings. The summed E-state index contributed by atoms with van der Waals surface area (Å²) in [5.74, 6) is -0.596. The van der Waals surface area contributed by atoms with Crippen molar-refractivity contribution in [2.24, 2.45) is 0 Å². The number of carbonyl (C=O) groups is 1. The van der Waals surface area contributed by atoms with E-state index >= 15 is 0 Å². The number of fused-ring (bicyclic) bond motifs is 1. The third-order valence-electron chi connectivity index (χ3n) is 5.01. The SMILES string of the molecule is CC(C)=CCc1c(O)c2c(c(C(=O)c3ccccc3)c1O)OC(C(C)(C)O)C2. The van der Waals surface area contributed by atoms with E-state index in [4.69, 9.17) is 4.74 Å². The van der Waals surface area contributed by atoms with Crippen molar-refractivity contribution < 1.29 is 24.9 Å². The molecular formula is C23H26O5. The number of phenolic OH excluding ortho intramolecular Hbond substituents is 2. The fourth-order valence-corrected chi connectivity index (χ4v) is 3.34. The van der Waals surface area contributed by atoms with Crippen molar-refractivity contribution in [3.63, 3.8) is 0 Å². The zero-order chi connectivity index (χ0) is 20.6. The predicted molar refractivity (Wildman–Crippen MR) is 107 cm³/mol. The van der Waals surface area contributed by atoms with E-state index in [-0.39, 0.29) is 41.4 Å². The summed E-state index contributed by atoms with van der Waals surface area (Å²) in [5.41, 5.74) is 1.03. The number of ketones is 1. The van der Waals surface area contributed by atoms with Gasteiger partial charge < -0.3 is 20.1 Å². The highest BCUT2D eigenvalue weighted by molar-refractivity contribution is 6.13. The molecule has 1 heterocycles. The van der Waals surface area contributed by atoms with Gasteiger partial charge in [-0.15, -0.1) is 0 Å². The number of carbonyl (C=O) groups excluding carboxylic acids is 1. The molecule has 0 aromatic heterocycles. The number of phenols is 2. The van der Waals surface area contributed by atoms with Crippen molar-refractivity contribution in [2.45, 2.75) is 52.2 Å². The van der Waals surface area contributed by atoms with Crippen LogP contribution in [0.15, 0.2) is 42.0 Å². The molecule has 1 aliphatic rings. The largest absolute Gasteiger partial charge is 0.507 e. The van der Waals surface area contributed by atoms with E-state index < -0.39 is 11.7 Å². The van der Waals surface area contributed by atoms with Crippen LogP contribution in [0.1, 0.15) is 54.7 Å². The average Bonchev–Trinajstić information content (AvgIpc) is 3.07. The van der Waals surface area contributed by atoms with Crippen LogP contribution in [0.5, 0.6) is 17.2 Å². The number of ether oxygens (including phenoxy) is 1. The highest BCUT2D eigenvalue weighted by Gasteiger charge is 2.41. The van der Waals surface area contributed by atoms with Crippen molar-refractivity contribution in [1.82, 2.24) is 0 Å². The number of hydrogen-bond donors (Lipinski definition) is 3. The lowest BCUT2D eigenvalue weighted by molar-refractivity contribution is -0.0232. The molecule has 1 unspecified atom stereocenters. The molecule has 0 saturated carbocycles. The Labute approximate surface area is 164 Å². The molecule has 0 spiro atoms. The summed E-state index contributed by atoms with van der Waals surface area (Å²) < 4.78 is 5.88. The Morgan fingerprint density at radius 2 is 1.82 bits per heavy atom. The van der Waals surface area contributed by atoms with Crippen LogP contribution in [0, 0.1) is 0 Å². The molecule has 3 N–H and O–H groups in total. The highest BCUT2D eigenvalue weighted by atomic mass is 16.5. The second-order valence-corrected chi connectivity index (χ2v) is 8.00. The topological polar surface area (TPSA) is 87.0 Å². The van der Waals surface area contributed by atoms with Gasteiger partial charge >= 0.3 is 0 Å². The van der Waals surface area contributed by atoms with Crippen LogP contribution in [-0.4, -0.2) is 32.8 Å². The van der Waals surface area contributed by atoms with Gasteiger partial charge in [-0.25, -0.2) is 0 Å².